The van der Waals surface area contributed by atoms with Crippen LogP contribution >= 0.6 is 0 Å². The van der Waals surface area contributed by atoms with Gasteiger partial charge in [0.1, 0.15) is 5.75 Å². The van der Waals surface area contributed by atoms with E-state index in [0.29, 0.717) is 37.4 Å². The topological polar surface area (TPSA) is 80.3 Å². The Morgan fingerprint density at radius 1 is 0.718 bits per heavy atom. The van der Waals surface area contributed by atoms with E-state index in [1.165, 1.54) is 19.8 Å². The molecule has 0 aliphatic rings. The third-order valence-electron chi connectivity index (χ3n) is 5.97. The van der Waals surface area contributed by atoms with E-state index in [9.17, 15) is 9.59 Å². The third-order valence-corrected chi connectivity index (χ3v) is 5.97. The van der Waals surface area contributed by atoms with Gasteiger partial charge in [-0.25, -0.2) is 9.59 Å². The van der Waals surface area contributed by atoms with Crippen LogP contribution < -0.4 is 4.74 Å². The summed E-state index contributed by atoms with van der Waals surface area (Å²) in [6.07, 6.45) is 5.02. The number of carbonyl (C=O) groups is 2. The Balaban J connectivity index is 1.96. The van der Waals surface area contributed by atoms with Crippen LogP contribution in [0.4, 0.5) is 0 Å². The first-order chi connectivity index (χ1) is 18.9. The largest absolute Gasteiger partial charge is 0.493 e. The summed E-state index contributed by atoms with van der Waals surface area (Å²) in [5.41, 5.74) is 5.03. The van der Waals surface area contributed by atoms with Crippen LogP contribution in [0, 0.1) is 0 Å². The van der Waals surface area contributed by atoms with E-state index in [0.717, 1.165) is 54.5 Å². The average molecular weight is 539 g/mol. The molecule has 212 valence electrons. The lowest BCUT2D eigenvalue weighted by molar-refractivity contribution is -0.140. The van der Waals surface area contributed by atoms with Crippen molar-refractivity contribution in [2.24, 2.45) is 0 Å². The zero-order valence-electron chi connectivity index (χ0n) is 23.6. The van der Waals surface area contributed by atoms with Gasteiger partial charge in [-0.05, 0) is 54.9 Å². The van der Waals surface area contributed by atoms with E-state index < -0.39 is 11.9 Å². The van der Waals surface area contributed by atoms with Gasteiger partial charge in [-0.2, -0.15) is 0 Å². The van der Waals surface area contributed by atoms with Crippen LogP contribution in [0.1, 0.15) is 43.7 Å². The second-order valence-corrected chi connectivity index (χ2v) is 9.28. The lowest BCUT2D eigenvalue weighted by atomic mass is 9.99. The van der Waals surface area contributed by atoms with Gasteiger partial charge in [0.15, 0.2) is 0 Å². The van der Waals surface area contributed by atoms with Crippen molar-refractivity contribution in [1.29, 1.82) is 0 Å². The second-order valence-electron chi connectivity index (χ2n) is 9.28. The van der Waals surface area contributed by atoms with Gasteiger partial charge in [0, 0.05) is 19.8 Å². The monoisotopic (exact) mass is 538 g/mol. The summed E-state index contributed by atoms with van der Waals surface area (Å²) >= 11 is 0. The Bertz CT molecular complexity index is 1070. The van der Waals surface area contributed by atoms with E-state index in [1.54, 1.807) is 0 Å². The predicted octanol–water partition coefficient (Wildman–Crippen LogP) is 5.89. The van der Waals surface area contributed by atoms with Crippen molar-refractivity contribution in [1.82, 2.24) is 0 Å². The SMILES string of the molecule is C=C(COC)C(=O)OCCCc1ccc(-c2ccc(CCCOC(=O)C(=C)COC)cc2OCCCC)cc1. The highest BCUT2D eigenvalue weighted by Crippen LogP contribution is 2.32. The fraction of sp³-hybridized carbons (Fsp3) is 0.438. The van der Waals surface area contributed by atoms with Crippen molar-refractivity contribution >= 4 is 11.9 Å². The molecule has 0 aliphatic heterocycles. The third kappa shape index (κ3) is 11.5. The highest BCUT2D eigenvalue weighted by molar-refractivity contribution is 5.88. The smallest absolute Gasteiger partial charge is 0.335 e. The maximum absolute atomic E-state index is 11.9. The van der Waals surface area contributed by atoms with E-state index in [4.69, 9.17) is 23.7 Å². The van der Waals surface area contributed by atoms with Gasteiger partial charge in [0.2, 0.25) is 0 Å². The number of esters is 2. The van der Waals surface area contributed by atoms with Gasteiger partial charge >= 0.3 is 11.9 Å². The molecule has 0 N–H and O–H groups in total. The first-order valence-corrected chi connectivity index (χ1v) is 13.4. The lowest BCUT2D eigenvalue weighted by Crippen LogP contribution is -2.12. The molecular weight excluding hydrogens is 496 g/mol. The Morgan fingerprint density at radius 3 is 1.79 bits per heavy atom. The molecule has 0 radical (unpaired) electrons. The van der Waals surface area contributed by atoms with Gasteiger partial charge in [0.05, 0.1) is 44.2 Å². The summed E-state index contributed by atoms with van der Waals surface area (Å²) in [5, 5.41) is 0. The van der Waals surface area contributed by atoms with E-state index in [2.05, 4.69) is 62.5 Å². The van der Waals surface area contributed by atoms with Gasteiger partial charge in [0.25, 0.3) is 0 Å². The predicted molar refractivity (Wildman–Crippen MR) is 153 cm³/mol. The van der Waals surface area contributed by atoms with Crippen molar-refractivity contribution in [3.05, 3.63) is 77.9 Å². The molecule has 0 saturated heterocycles. The molecule has 2 aromatic carbocycles. The average Bonchev–Trinajstić information content (AvgIpc) is 2.94. The molecule has 7 nitrogen and oxygen atoms in total. The molecule has 0 unspecified atom stereocenters. The highest BCUT2D eigenvalue weighted by atomic mass is 16.5. The summed E-state index contributed by atoms with van der Waals surface area (Å²) in [7, 11) is 3.03. The van der Waals surface area contributed by atoms with Crippen molar-refractivity contribution in [3.8, 4) is 16.9 Å². The summed E-state index contributed by atoms with van der Waals surface area (Å²) < 4.78 is 26.5. The quantitative estimate of drug-likeness (QED) is 0.125. The molecular formula is C32H42O7. The molecule has 0 aliphatic carbocycles. The Kier molecular flexibility index (Phi) is 14.7. The van der Waals surface area contributed by atoms with Crippen molar-refractivity contribution in [2.45, 2.75) is 45.4 Å². The number of unbranched alkanes of at least 4 members (excludes halogenated alkanes) is 1. The molecule has 0 atom stereocenters. The summed E-state index contributed by atoms with van der Waals surface area (Å²) in [5.74, 6) is 0.0100. The van der Waals surface area contributed by atoms with Crippen LogP contribution in [0.15, 0.2) is 66.8 Å². The number of aryl methyl sites for hydroxylation is 2. The van der Waals surface area contributed by atoms with Crippen LogP contribution in [-0.4, -0.2) is 59.2 Å². The number of ether oxygens (including phenoxy) is 5. The molecule has 0 amide bonds. The van der Waals surface area contributed by atoms with Crippen LogP contribution in [0.5, 0.6) is 5.75 Å². The maximum Gasteiger partial charge on any atom is 0.335 e. The lowest BCUT2D eigenvalue weighted by Gasteiger charge is -2.14. The number of rotatable bonds is 19. The van der Waals surface area contributed by atoms with Crippen molar-refractivity contribution in [3.63, 3.8) is 0 Å². The molecule has 39 heavy (non-hydrogen) atoms. The number of benzene rings is 2. The molecule has 7 heteroatoms. The van der Waals surface area contributed by atoms with E-state index in [-0.39, 0.29) is 13.2 Å². The minimum absolute atomic E-state index is 0.168. The first kappa shape index (κ1) is 31.8. The Morgan fingerprint density at radius 2 is 1.26 bits per heavy atom. The van der Waals surface area contributed by atoms with E-state index in [1.807, 2.05) is 0 Å². The zero-order valence-corrected chi connectivity index (χ0v) is 23.6. The zero-order chi connectivity index (χ0) is 28.5. The van der Waals surface area contributed by atoms with Gasteiger partial charge in [-0.1, -0.05) is 62.9 Å². The normalized spacial score (nSPS) is 10.6. The van der Waals surface area contributed by atoms with Crippen molar-refractivity contribution in [2.75, 3.05) is 47.3 Å². The number of hydrogen-bond acceptors (Lipinski definition) is 7. The molecule has 0 aromatic heterocycles. The van der Waals surface area contributed by atoms with Crippen LogP contribution in [0.2, 0.25) is 0 Å². The summed E-state index contributed by atoms with van der Waals surface area (Å²) in [4.78, 5) is 23.7. The fourth-order valence-electron chi connectivity index (χ4n) is 3.81. The molecule has 2 aromatic rings. The van der Waals surface area contributed by atoms with Crippen LogP contribution in [0.25, 0.3) is 11.1 Å². The van der Waals surface area contributed by atoms with Gasteiger partial charge in [-0.3, -0.25) is 0 Å². The van der Waals surface area contributed by atoms with Crippen LogP contribution in [0.3, 0.4) is 0 Å². The minimum atomic E-state index is -0.423. The Labute approximate surface area is 232 Å². The summed E-state index contributed by atoms with van der Waals surface area (Å²) in [6.45, 7) is 11.1. The molecule has 0 fully saturated rings. The molecule has 2 rings (SSSR count). The van der Waals surface area contributed by atoms with Crippen molar-refractivity contribution < 1.29 is 33.3 Å². The molecule has 0 spiro atoms. The summed E-state index contributed by atoms with van der Waals surface area (Å²) in [6, 6.07) is 14.6. The Hall–Kier alpha value is -3.42. The maximum atomic E-state index is 11.9. The fourth-order valence-corrected chi connectivity index (χ4v) is 3.81. The highest BCUT2D eigenvalue weighted by Gasteiger charge is 2.11. The van der Waals surface area contributed by atoms with Crippen LogP contribution in [-0.2, 0) is 41.4 Å². The standard InChI is InChI=1S/C32H42O7/c1-6-7-18-37-30-21-27(11-9-20-39-32(34)25(3)23-36-5)14-17-29(30)28-15-12-26(13-16-28)10-8-19-38-31(33)24(2)22-35-4/h12-17,21H,2-3,6-11,18-20,22-23H2,1,4-5H3. The first-order valence-electron chi connectivity index (χ1n) is 13.4. The number of carbonyl (C=O) groups excluding carboxylic acids is 2. The van der Waals surface area contributed by atoms with E-state index >= 15 is 0 Å². The molecule has 0 bridgehead atoms. The van der Waals surface area contributed by atoms with Gasteiger partial charge < -0.3 is 23.7 Å². The van der Waals surface area contributed by atoms with Gasteiger partial charge in [-0.15, -0.1) is 0 Å². The minimum Gasteiger partial charge on any atom is -0.493 e. The molecule has 0 heterocycles. The molecule has 0 saturated carbocycles. The number of methoxy groups -OCH3 is 2. The number of hydrogen-bond donors (Lipinski definition) is 0. The second kappa shape index (κ2) is 18.0.